The topological polar surface area (TPSA) is 103 Å². The van der Waals surface area contributed by atoms with E-state index in [4.69, 9.17) is 9.47 Å². The molecule has 230 valence electrons. The molecule has 4 aromatic rings. The van der Waals surface area contributed by atoms with Gasteiger partial charge >= 0.3 is 6.09 Å². The number of nitrogens with zero attached hydrogens (tertiary/aromatic N) is 5. The van der Waals surface area contributed by atoms with E-state index in [2.05, 4.69) is 51.2 Å². The second kappa shape index (κ2) is 13.2. The van der Waals surface area contributed by atoms with Crippen LogP contribution in [0.5, 0.6) is 11.5 Å². The van der Waals surface area contributed by atoms with E-state index < -0.39 is 12.1 Å². The average Bonchev–Trinajstić information content (AvgIpc) is 3.02. The summed E-state index contributed by atoms with van der Waals surface area (Å²) in [7, 11) is 5.31. The Morgan fingerprint density at radius 2 is 1.75 bits per heavy atom. The molecule has 10 nitrogen and oxygen atoms in total. The highest BCUT2D eigenvalue weighted by Gasteiger charge is 2.34. The number of aromatic nitrogens is 2. The number of piperazine rings is 1. The van der Waals surface area contributed by atoms with Crippen LogP contribution >= 0.6 is 0 Å². The number of hydrogen-bond donors (Lipinski definition) is 2. The molecule has 3 aromatic carbocycles. The normalized spacial score (nSPS) is 15.9. The van der Waals surface area contributed by atoms with Crippen molar-refractivity contribution < 1.29 is 19.4 Å². The molecule has 1 aromatic heterocycles. The number of methoxy groups -OCH3 is 2. The van der Waals surface area contributed by atoms with Crippen LogP contribution in [0.1, 0.15) is 35.2 Å². The fourth-order valence-corrected chi connectivity index (χ4v) is 5.79. The highest BCUT2D eigenvalue weighted by Crippen LogP contribution is 2.41. The summed E-state index contributed by atoms with van der Waals surface area (Å²) in [6.45, 7) is 9.15. The van der Waals surface area contributed by atoms with Gasteiger partial charge in [-0.1, -0.05) is 18.2 Å². The van der Waals surface area contributed by atoms with Crippen molar-refractivity contribution >= 4 is 29.2 Å². The van der Waals surface area contributed by atoms with E-state index in [1.54, 1.807) is 38.6 Å². The third-order valence-electron chi connectivity index (χ3n) is 8.35. The molecule has 1 amide bonds. The van der Waals surface area contributed by atoms with Gasteiger partial charge in [0.25, 0.3) is 0 Å². The van der Waals surface area contributed by atoms with Crippen molar-refractivity contribution in [2.45, 2.75) is 32.9 Å². The molecule has 0 aliphatic carbocycles. The number of benzene rings is 3. The van der Waals surface area contributed by atoms with Crippen molar-refractivity contribution in [2.75, 3.05) is 56.0 Å². The van der Waals surface area contributed by atoms with E-state index in [1.807, 2.05) is 50.2 Å². The summed E-state index contributed by atoms with van der Waals surface area (Å²) in [6, 6.07) is 20.7. The number of nitrogens with one attached hydrogen (secondary N) is 1. The third-order valence-corrected chi connectivity index (χ3v) is 8.35. The van der Waals surface area contributed by atoms with Gasteiger partial charge in [0.15, 0.2) is 0 Å². The second-order valence-electron chi connectivity index (χ2n) is 11.2. The van der Waals surface area contributed by atoms with E-state index in [0.717, 1.165) is 47.7 Å². The summed E-state index contributed by atoms with van der Waals surface area (Å²) in [5, 5.41) is 14.0. The van der Waals surface area contributed by atoms with E-state index in [9.17, 15) is 9.90 Å². The Labute approximate surface area is 258 Å². The minimum Gasteiger partial charge on any atom is -0.497 e. The number of likely N-dealkylation sites (N-methyl/N-ethyl adjacent to an activating group) is 1. The minimum atomic E-state index is -1.17. The molecule has 2 N–H and O–H groups in total. The molecular weight excluding hydrogens is 556 g/mol. The average molecular weight is 597 g/mol. The van der Waals surface area contributed by atoms with E-state index in [0.29, 0.717) is 23.1 Å². The smallest absolute Gasteiger partial charge is 0.413 e. The zero-order valence-electron chi connectivity index (χ0n) is 26.1. The molecule has 0 radical (unpaired) electrons. The van der Waals surface area contributed by atoms with Crippen molar-refractivity contribution in [3.05, 3.63) is 95.2 Å². The lowest BCUT2D eigenvalue weighted by Gasteiger charge is -2.39. The van der Waals surface area contributed by atoms with Crippen LogP contribution in [0.25, 0.3) is 0 Å². The van der Waals surface area contributed by atoms with Gasteiger partial charge in [-0.15, -0.1) is 0 Å². The molecule has 1 fully saturated rings. The summed E-state index contributed by atoms with van der Waals surface area (Å²) in [4.78, 5) is 28.2. The molecular formula is C34H40N6O4. The number of rotatable bonds is 9. The number of carboxylic acid groups (broad SMARTS) is 1. The van der Waals surface area contributed by atoms with Gasteiger partial charge in [-0.05, 0) is 93.0 Å². The predicted octanol–water partition coefficient (Wildman–Crippen LogP) is 6.27. The summed E-state index contributed by atoms with van der Waals surface area (Å²) in [5.41, 5.74) is 5.31. The zero-order chi connectivity index (χ0) is 31.4. The first-order chi connectivity index (χ1) is 21.2. The molecule has 0 spiro atoms. The summed E-state index contributed by atoms with van der Waals surface area (Å²) >= 11 is 0. The van der Waals surface area contributed by atoms with Crippen LogP contribution in [0.3, 0.4) is 0 Å². The quantitative estimate of drug-likeness (QED) is 0.231. The lowest BCUT2D eigenvalue weighted by molar-refractivity contribution is 0.199. The standard InChI is InChI=1S/C34H40N6O4/c1-22-8-7-9-23(2)31(22)32(28-20-27(43-5)14-15-29(28)44-6)40(34(41)42)30-16-17-35-33(37-30)36-25-10-12-26(13-11-25)39-19-18-38(4)24(3)21-39/h7-17,20,24,32H,18-19,21H2,1-6H3,(H,41,42)(H,35,36,37). The molecule has 1 aliphatic heterocycles. The van der Waals surface area contributed by atoms with Crippen molar-refractivity contribution in [3.8, 4) is 11.5 Å². The first kappa shape index (κ1) is 30.6. The fourth-order valence-electron chi connectivity index (χ4n) is 5.79. The summed E-state index contributed by atoms with van der Waals surface area (Å²) < 4.78 is 11.3. The van der Waals surface area contributed by atoms with Crippen molar-refractivity contribution in [1.82, 2.24) is 14.9 Å². The van der Waals surface area contributed by atoms with Crippen LogP contribution in [0.2, 0.25) is 0 Å². The van der Waals surface area contributed by atoms with Gasteiger partial charge in [0.05, 0.1) is 20.3 Å². The molecule has 2 heterocycles. The van der Waals surface area contributed by atoms with Gasteiger partial charge in [-0.3, -0.25) is 0 Å². The molecule has 5 rings (SSSR count). The maximum absolute atomic E-state index is 13.1. The Hall–Kier alpha value is -4.83. The van der Waals surface area contributed by atoms with Gasteiger partial charge in [0.1, 0.15) is 17.3 Å². The van der Waals surface area contributed by atoms with E-state index in [-0.39, 0.29) is 11.8 Å². The number of anilines is 4. The molecule has 2 unspecified atom stereocenters. The van der Waals surface area contributed by atoms with Crippen LogP contribution < -0.4 is 24.6 Å². The Morgan fingerprint density at radius 1 is 1.02 bits per heavy atom. The van der Waals surface area contributed by atoms with Crippen LogP contribution in [0.4, 0.5) is 27.9 Å². The molecule has 0 saturated carbocycles. The summed E-state index contributed by atoms with van der Waals surface area (Å²) in [5.74, 6) is 1.62. The molecule has 10 heteroatoms. The molecule has 1 aliphatic rings. The van der Waals surface area contributed by atoms with Gasteiger partial charge < -0.3 is 29.7 Å². The monoisotopic (exact) mass is 596 g/mol. The number of ether oxygens (including phenoxy) is 2. The summed E-state index contributed by atoms with van der Waals surface area (Å²) in [6.07, 6.45) is 0.392. The minimum absolute atomic E-state index is 0.218. The van der Waals surface area contributed by atoms with Gasteiger partial charge in [-0.2, -0.15) is 4.98 Å². The Bertz CT molecular complexity index is 1590. The van der Waals surface area contributed by atoms with E-state index >= 15 is 0 Å². The largest absolute Gasteiger partial charge is 0.497 e. The van der Waals surface area contributed by atoms with Gasteiger partial charge in [0.2, 0.25) is 5.95 Å². The lowest BCUT2D eigenvalue weighted by Crippen LogP contribution is -2.50. The predicted molar refractivity (Wildman–Crippen MR) is 174 cm³/mol. The lowest BCUT2D eigenvalue weighted by atomic mass is 9.89. The van der Waals surface area contributed by atoms with Crippen LogP contribution in [0.15, 0.2) is 72.9 Å². The molecule has 2 atom stereocenters. The Morgan fingerprint density at radius 3 is 2.39 bits per heavy atom. The first-order valence-corrected chi connectivity index (χ1v) is 14.7. The van der Waals surface area contributed by atoms with Crippen LogP contribution in [-0.4, -0.2) is 73.0 Å². The van der Waals surface area contributed by atoms with Crippen LogP contribution in [-0.2, 0) is 0 Å². The highest BCUT2D eigenvalue weighted by atomic mass is 16.5. The maximum atomic E-state index is 13.1. The van der Waals surface area contributed by atoms with Crippen molar-refractivity contribution in [2.24, 2.45) is 0 Å². The number of amides is 1. The third kappa shape index (κ3) is 6.40. The van der Waals surface area contributed by atoms with Crippen LogP contribution in [0, 0.1) is 13.8 Å². The SMILES string of the molecule is COc1ccc(OC)c(C(c2c(C)cccc2C)N(C(=O)O)c2ccnc(Nc3ccc(N4CCN(C)C(C)C4)cc3)n2)c1. The molecule has 0 bridgehead atoms. The Balaban J connectivity index is 1.51. The zero-order valence-corrected chi connectivity index (χ0v) is 26.1. The number of aryl methyl sites for hydroxylation is 2. The first-order valence-electron chi connectivity index (χ1n) is 14.7. The van der Waals surface area contributed by atoms with Crippen molar-refractivity contribution in [3.63, 3.8) is 0 Å². The second-order valence-corrected chi connectivity index (χ2v) is 11.2. The van der Waals surface area contributed by atoms with E-state index in [1.165, 1.54) is 4.90 Å². The van der Waals surface area contributed by atoms with Gasteiger partial charge in [-0.25, -0.2) is 14.7 Å². The number of carbonyl (C=O) groups is 1. The van der Waals surface area contributed by atoms with Gasteiger partial charge in [0, 0.05) is 48.8 Å². The molecule has 1 saturated heterocycles. The highest BCUT2D eigenvalue weighted by molar-refractivity contribution is 5.87. The maximum Gasteiger partial charge on any atom is 0.413 e. The molecule has 44 heavy (non-hydrogen) atoms. The Kier molecular flexibility index (Phi) is 9.20. The van der Waals surface area contributed by atoms with Crippen molar-refractivity contribution in [1.29, 1.82) is 0 Å². The number of hydrogen-bond acceptors (Lipinski definition) is 8. The fraction of sp³-hybridized carbons (Fsp3) is 0.324.